The highest BCUT2D eigenvalue weighted by atomic mass is 31.2. The number of amides is 1. The van der Waals surface area contributed by atoms with Crippen LogP contribution in [0.5, 0.6) is 0 Å². The highest BCUT2D eigenvalue weighted by Gasteiger charge is 2.28. The second-order valence-corrected chi connectivity index (χ2v) is 26.0. The molecule has 0 spiro atoms. The lowest BCUT2D eigenvalue weighted by molar-refractivity contribution is -0.870. The summed E-state index contributed by atoms with van der Waals surface area (Å²) in [6.45, 7) is 4.87. The molecule has 3 unspecified atom stereocenters. The molecule has 0 bridgehead atoms. The second-order valence-electron chi connectivity index (χ2n) is 24.6. The van der Waals surface area contributed by atoms with Gasteiger partial charge in [0.15, 0.2) is 0 Å². The van der Waals surface area contributed by atoms with Crippen LogP contribution in [0.1, 0.15) is 348 Å². The number of rotatable bonds is 63. The summed E-state index contributed by atoms with van der Waals surface area (Å²) in [5, 5.41) is 14.0. The normalized spacial score (nSPS) is 13.8. The summed E-state index contributed by atoms with van der Waals surface area (Å²) in [5.41, 5.74) is 0. The fourth-order valence-corrected chi connectivity index (χ4v) is 11.1. The first kappa shape index (κ1) is 75.0. The first-order valence-electron chi connectivity index (χ1n) is 33.7. The Kier molecular flexibility index (Phi) is 57.8. The number of aliphatic hydroxyl groups excluding tert-OH is 1. The quantitative estimate of drug-likeness (QED) is 0.0243. The molecule has 0 saturated heterocycles. The average Bonchev–Trinajstić information content (AvgIpc) is 3.38. The standard InChI is InChI=1S/C67H133N2O6P/c1-6-8-10-12-14-16-18-20-22-24-26-28-30-32-33-34-35-37-38-40-42-44-46-48-50-52-54-56-58-60-66(70)65(64-75-76(72,73)74-63-62-69(3,4)5)68-67(71)61-59-57-55-53-51-49-47-45-43-41-39-36-31-29-27-25-23-21-19-17-15-13-11-9-7-2/h25,27,58,60,65-66,70H,6-24,26,28-57,59,61-64H2,1-5H3,(H-,68,71,72,73)/p+1/b27-25-,60-58+. The van der Waals surface area contributed by atoms with Gasteiger partial charge in [-0.25, -0.2) is 4.57 Å². The van der Waals surface area contributed by atoms with Gasteiger partial charge in [-0.2, -0.15) is 0 Å². The Morgan fingerprint density at radius 1 is 0.434 bits per heavy atom. The van der Waals surface area contributed by atoms with E-state index in [4.69, 9.17) is 9.05 Å². The summed E-state index contributed by atoms with van der Waals surface area (Å²) in [6.07, 6.45) is 76.0. The maximum absolute atomic E-state index is 13.0. The number of likely N-dealkylation sites (N-methyl/N-ethyl adjacent to an activating group) is 1. The molecule has 0 rings (SSSR count). The molecule has 9 heteroatoms. The van der Waals surface area contributed by atoms with Crippen LogP contribution in [0.3, 0.4) is 0 Å². The van der Waals surface area contributed by atoms with Crippen LogP contribution in [-0.2, 0) is 18.4 Å². The van der Waals surface area contributed by atoms with E-state index < -0.39 is 20.0 Å². The molecule has 8 nitrogen and oxygen atoms in total. The predicted molar refractivity (Wildman–Crippen MR) is 332 cm³/mol. The van der Waals surface area contributed by atoms with Gasteiger partial charge in [-0.3, -0.25) is 13.8 Å². The zero-order valence-corrected chi connectivity index (χ0v) is 52.7. The SMILES string of the molecule is CCCCCCCCCC/C=C\CCCCCCCCCCCCCCCC(=O)NC(COP(=O)(O)OCC[N+](C)(C)C)C(O)/C=C/CCCCCCCCCCCCCCCCCCCCCCCCCCCCC. The second kappa shape index (κ2) is 58.6. The van der Waals surface area contributed by atoms with Crippen molar-refractivity contribution in [1.82, 2.24) is 5.32 Å². The van der Waals surface area contributed by atoms with E-state index in [9.17, 15) is 19.4 Å². The fourth-order valence-electron chi connectivity index (χ4n) is 10.4. The molecule has 3 N–H and O–H groups in total. The van der Waals surface area contributed by atoms with Gasteiger partial charge >= 0.3 is 7.82 Å². The Morgan fingerprint density at radius 2 is 0.711 bits per heavy atom. The summed E-state index contributed by atoms with van der Waals surface area (Å²) in [7, 11) is 1.59. The predicted octanol–water partition coefficient (Wildman–Crippen LogP) is 21.1. The van der Waals surface area contributed by atoms with Crippen LogP contribution in [0.25, 0.3) is 0 Å². The van der Waals surface area contributed by atoms with Crippen molar-refractivity contribution >= 4 is 13.7 Å². The van der Waals surface area contributed by atoms with E-state index in [1.807, 2.05) is 27.2 Å². The number of unbranched alkanes of at least 4 members (excludes halogenated alkanes) is 48. The summed E-state index contributed by atoms with van der Waals surface area (Å²) in [5.74, 6) is -0.170. The number of nitrogens with zero attached hydrogens (tertiary/aromatic N) is 1. The molecule has 1 amide bonds. The third-order valence-electron chi connectivity index (χ3n) is 15.7. The lowest BCUT2D eigenvalue weighted by Crippen LogP contribution is -2.45. The Labute approximate surface area is 474 Å². The number of carbonyl (C=O) groups excluding carboxylic acids is 1. The molecule has 0 aromatic rings. The number of hydrogen-bond donors (Lipinski definition) is 3. The van der Waals surface area contributed by atoms with Crippen molar-refractivity contribution in [1.29, 1.82) is 0 Å². The molecule has 76 heavy (non-hydrogen) atoms. The molecule has 0 aromatic carbocycles. The maximum atomic E-state index is 13.0. The van der Waals surface area contributed by atoms with Gasteiger partial charge < -0.3 is 19.8 Å². The Bertz CT molecular complexity index is 1290. The lowest BCUT2D eigenvalue weighted by atomic mass is 10.0. The largest absolute Gasteiger partial charge is 0.472 e. The summed E-state index contributed by atoms with van der Waals surface area (Å²) < 4.78 is 23.8. The molecule has 0 aliphatic rings. The molecular weight excluding hydrogens is 960 g/mol. The van der Waals surface area contributed by atoms with Gasteiger partial charge in [0.1, 0.15) is 13.2 Å². The highest BCUT2D eigenvalue weighted by molar-refractivity contribution is 7.47. The zero-order valence-electron chi connectivity index (χ0n) is 51.8. The lowest BCUT2D eigenvalue weighted by Gasteiger charge is -2.25. The van der Waals surface area contributed by atoms with Crippen LogP contribution in [0, 0.1) is 0 Å². The van der Waals surface area contributed by atoms with Gasteiger partial charge in [0, 0.05) is 6.42 Å². The smallest absolute Gasteiger partial charge is 0.387 e. The van der Waals surface area contributed by atoms with Crippen molar-refractivity contribution in [2.75, 3.05) is 40.9 Å². The van der Waals surface area contributed by atoms with E-state index in [0.29, 0.717) is 17.4 Å². The number of phosphoric acid groups is 1. The molecular formula is C67H134N2O6P+. The molecule has 0 saturated carbocycles. The highest BCUT2D eigenvalue weighted by Crippen LogP contribution is 2.43. The molecule has 0 aromatic heterocycles. The van der Waals surface area contributed by atoms with Gasteiger partial charge in [0.25, 0.3) is 0 Å². The van der Waals surface area contributed by atoms with Crippen molar-refractivity contribution in [3.8, 4) is 0 Å². The van der Waals surface area contributed by atoms with Crippen LogP contribution in [0.2, 0.25) is 0 Å². The van der Waals surface area contributed by atoms with Crippen molar-refractivity contribution in [3.63, 3.8) is 0 Å². The topological polar surface area (TPSA) is 105 Å². The Hall–Kier alpha value is -1.02. The first-order valence-corrected chi connectivity index (χ1v) is 35.2. The number of carbonyl (C=O) groups is 1. The third-order valence-corrected chi connectivity index (χ3v) is 16.6. The zero-order chi connectivity index (χ0) is 55.6. The number of phosphoric ester groups is 1. The number of allylic oxidation sites excluding steroid dienone is 3. The van der Waals surface area contributed by atoms with Crippen molar-refractivity contribution in [3.05, 3.63) is 24.3 Å². The van der Waals surface area contributed by atoms with E-state index in [-0.39, 0.29) is 19.1 Å². The van der Waals surface area contributed by atoms with Crippen molar-refractivity contribution in [2.45, 2.75) is 360 Å². The Balaban J connectivity index is 4.08. The van der Waals surface area contributed by atoms with Crippen LogP contribution in [0.15, 0.2) is 24.3 Å². The van der Waals surface area contributed by atoms with Crippen LogP contribution >= 0.6 is 7.82 Å². The molecule has 452 valence electrons. The molecule has 3 atom stereocenters. The number of quaternary nitrogens is 1. The van der Waals surface area contributed by atoms with Crippen molar-refractivity contribution < 1.29 is 32.9 Å². The number of hydrogen-bond acceptors (Lipinski definition) is 5. The first-order chi connectivity index (χ1) is 37.0. The average molecular weight is 1090 g/mol. The van der Waals surface area contributed by atoms with Gasteiger partial charge in [-0.05, 0) is 44.9 Å². The summed E-state index contributed by atoms with van der Waals surface area (Å²) in [6, 6.07) is -0.846. The minimum atomic E-state index is -4.35. The summed E-state index contributed by atoms with van der Waals surface area (Å²) in [4.78, 5) is 23.4. The number of nitrogens with one attached hydrogen (secondary N) is 1. The minimum Gasteiger partial charge on any atom is -0.387 e. The van der Waals surface area contributed by atoms with Crippen molar-refractivity contribution in [2.24, 2.45) is 0 Å². The summed E-state index contributed by atoms with van der Waals surface area (Å²) >= 11 is 0. The van der Waals surface area contributed by atoms with E-state index in [2.05, 4.69) is 31.3 Å². The molecule has 0 aliphatic heterocycles. The molecule has 0 aliphatic carbocycles. The van der Waals surface area contributed by atoms with Gasteiger partial charge in [-0.15, -0.1) is 0 Å². The van der Waals surface area contributed by atoms with Crippen LogP contribution in [-0.4, -0.2) is 73.4 Å². The van der Waals surface area contributed by atoms with E-state index >= 15 is 0 Å². The van der Waals surface area contributed by atoms with E-state index in [0.717, 1.165) is 32.1 Å². The van der Waals surface area contributed by atoms with Crippen LogP contribution < -0.4 is 5.32 Å². The minimum absolute atomic E-state index is 0.0638. The van der Waals surface area contributed by atoms with E-state index in [1.54, 1.807) is 6.08 Å². The fraction of sp³-hybridized carbons (Fsp3) is 0.925. The van der Waals surface area contributed by atoms with E-state index in [1.165, 1.54) is 295 Å². The molecule has 0 heterocycles. The monoisotopic (exact) mass is 1090 g/mol. The molecule has 0 fully saturated rings. The molecule has 0 radical (unpaired) electrons. The van der Waals surface area contributed by atoms with Gasteiger partial charge in [0.05, 0.1) is 39.9 Å². The van der Waals surface area contributed by atoms with Gasteiger partial charge in [0.2, 0.25) is 5.91 Å². The number of aliphatic hydroxyl groups is 1. The van der Waals surface area contributed by atoms with Crippen LogP contribution in [0.4, 0.5) is 0 Å². The third kappa shape index (κ3) is 60.6. The van der Waals surface area contributed by atoms with Gasteiger partial charge in [-0.1, -0.05) is 321 Å². The maximum Gasteiger partial charge on any atom is 0.472 e. The Morgan fingerprint density at radius 3 is 1.01 bits per heavy atom.